The number of nitrogens with one attached hydrogen (secondary N) is 2. The lowest BCUT2D eigenvalue weighted by Gasteiger charge is -2.04. The molecule has 1 aromatic carbocycles. The van der Waals surface area contributed by atoms with Crippen LogP contribution in [0.4, 0.5) is 11.6 Å². The lowest BCUT2D eigenvalue weighted by atomic mass is 10.2. The van der Waals surface area contributed by atoms with E-state index in [0.29, 0.717) is 17.4 Å². The van der Waals surface area contributed by atoms with E-state index in [1.54, 1.807) is 22.9 Å². The number of rotatable bonds is 5. The zero-order valence-corrected chi connectivity index (χ0v) is 13.8. The predicted molar refractivity (Wildman–Crippen MR) is 90.7 cm³/mol. The molecule has 0 saturated heterocycles. The minimum Gasteiger partial charge on any atom is -0.358 e. The second-order valence-corrected chi connectivity index (χ2v) is 5.74. The Hall–Kier alpha value is -3.20. The maximum Gasteiger partial charge on any atom is 0.343 e. The first-order valence-electron chi connectivity index (χ1n) is 7.22. The molecule has 0 radical (unpaired) electrons. The van der Waals surface area contributed by atoms with Crippen molar-refractivity contribution in [1.82, 2.24) is 20.0 Å². The van der Waals surface area contributed by atoms with Crippen LogP contribution in [0.5, 0.6) is 0 Å². The maximum absolute atomic E-state index is 12.1. The first kappa shape index (κ1) is 16.7. The SMILES string of the molecule is Cc1cc(NC(=O)c2cc([N+](=O)[O-])[nH]n2)nn1Cc1ccc(Cl)cc1. The molecule has 10 heteroatoms. The van der Waals surface area contributed by atoms with Crippen LogP contribution in [0.1, 0.15) is 21.7 Å². The largest absolute Gasteiger partial charge is 0.358 e. The van der Waals surface area contributed by atoms with Gasteiger partial charge in [0.05, 0.1) is 12.6 Å². The van der Waals surface area contributed by atoms with E-state index in [-0.39, 0.29) is 11.5 Å². The number of hydrogen-bond acceptors (Lipinski definition) is 5. The lowest BCUT2D eigenvalue weighted by molar-refractivity contribution is -0.389. The fraction of sp³-hybridized carbons (Fsp3) is 0.133. The van der Waals surface area contributed by atoms with Gasteiger partial charge in [-0.1, -0.05) is 28.8 Å². The highest BCUT2D eigenvalue weighted by Crippen LogP contribution is 2.15. The Balaban J connectivity index is 1.72. The van der Waals surface area contributed by atoms with Gasteiger partial charge in [0, 0.05) is 16.8 Å². The minimum absolute atomic E-state index is 0.0865. The van der Waals surface area contributed by atoms with Crippen molar-refractivity contribution in [2.24, 2.45) is 0 Å². The number of hydrogen-bond donors (Lipinski definition) is 2. The summed E-state index contributed by atoms with van der Waals surface area (Å²) in [6.45, 7) is 2.38. The lowest BCUT2D eigenvalue weighted by Crippen LogP contribution is -2.13. The van der Waals surface area contributed by atoms with Gasteiger partial charge in [0.1, 0.15) is 0 Å². The minimum atomic E-state index is -0.658. The van der Waals surface area contributed by atoms with Crippen LogP contribution in [0.3, 0.4) is 0 Å². The average molecular weight is 361 g/mol. The molecule has 0 bridgehead atoms. The number of aromatic amines is 1. The molecule has 3 aromatic rings. The number of H-pyrrole nitrogens is 1. The summed E-state index contributed by atoms with van der Waals surface area (Å²) in [7, 11) is 0. The Bertz CT molecular complexity index is 931. The number of aromatic nitrogens is 4. The first-order chi connectivity index (χ1) is 11.9. The van der Waals surface area contributed by atoms with Gasteiger partial charge in [-0.25, -0.2) is 0 Å². The Morgan fingerprint density at radius 3 is 2.72 bits per heavy atom. The second kappa shape index (κ2) is 6.73. The maximum atomic E-state index is 12.1. The number of carbonyl (C=O) groups is 1. The van der Waals surface area contributed by atoms with Crippen molar-refractivity contribution in [2.45, 2.75) is 13.5 Å². The third kappa shape index (κ3) is 3.83. The molecule has 0 aliphatic heterocycles. The summed E-state index contributed by atoms with van der Waals surface area (Å²) in [6, 6.07) is 10.1. The van der Waals surface area contributed by atoms with Gasteiger partial charge in [0.15, 0.2) is 11.5 Å². The first-order valence-corrected chi connectivity index (χ1v) is 7.60. The number of benzene rings is 1. The molecule has 1 amide bonds. The van der Waals surface area contributed by atoms with Gasteiger partial charge in [-0.15, -0.1) is 5.10 Å². The van der Waals surface area contributed by atoms with Gasteiger partial charge < -0.3 is 15.4 Å². The van der Waals surface area contributed by atoms with Crippen LogP contribution in [0.25, 0.3) is 0 Å². The molecule has 3 rings (SSSR count). The Kier molecular flexibility index (Phi) is 4.48. The standard InChI is InChI=1S/C15H13ClN6O3/c1-9-6-13(17-15(23)12-7-14(19-18-12)22(24)25)20-21(9)8-10-2-4-11(16)5-3-10/h2-7H,8H2,1H3,(H,18,19)(H,17,20,23). The van der Waals surface area contributed by atoms with E-state index in [4.69, 9.17) is 11.6 Å². The van der Waals surface area contributed by atoms with E-state index in [9.17, 15) is 14.9 Å². The molecule has 0 aliphatic carbocycles. The van der Waals surface area contributed by atoms with E-state index in [2.05, 4.69) is 20.6 Å². The molecule has 0 saturated carbocycles. The zero-order chi connectivity index (χ0) is 18.0. The molecule has 0 spiro atoms. The number of amides is 1. The Morgan fingerprint density at radius 1 is 1.36 bits per heavy atom. The van der Waals surface area contributed by atoms with E-state index >= 15 is 0 Å². The molecule has 0 fully saturated rings. The highest BCUT2D eigenvalue weighted by molar-refractivity contribution is 6.30. The van der Waals surface area contributed by atoms with Crippen molar-refractivity contribution in [3.05, 3.63) is 68.5 Å². The van der Waals surface area contributed by atoms with Gasteiger partial charge in [0.2, 0.25) is 0 Å². The molecular weight excluding hydrogens is 348 g/mol. The van der Waals surface area contributed by atoms with Crippen molar-refractivity contribution in [3.8, 4) is 0 Å². The fourth-order valence-electron chi connectivity index (χ4n) is 2.20. The van der Waals surface area contributed by atoms with E-state index < -0.39 is 10.8 Å². The molecule has 0 unspecified atom stereocenters. The van der Waals surface area contributed by atoms with Gasteiger partial charge >= 0.3 is 5.82 Å². The fourth-order valence-corrected chi connectivity index (χ4v) is 2.32. The molecule has 0 aliphatic rings. The Labute approximate surface area is 146 Å². The molecule has 25 heavy (non-hydrogen) atoms. The summed E-state index contributed by atoms with van der Waals surface area (Å²) >= 11 is 5.87. The van der Waals surface area contributed by atoms with E-state index in [1.165, 1.54) is 0 Å². The number of halogens is 1. The summed E-state index contributed by atoms with van der Waals surface area (Å²) in [5, 5.41) is 23.9. The normalized spacial score (nSPS) is 10.6. The van der Waals surface area contributed by atoms with Crippen molar-refractivity contribution in [3.63, 3.8) is 0 Å². The number of nitro groups is 1. The molecule has 0 atom stereocenters. The van der Waals surface area contributed by atoms with Crippen LogP contribution in [0.2, 0.25) is 5.02 Å². The van der Waals surface area contributed by atoms with Crippen molar-refractivity contribution >= 4 is 29.1 Å². The van der Waals surface area contributed by atoms with Gasteiger partial charge in [0.25, 0.3) is 5.91 Å². The molecule has 2 N–H and O–H groups in total. The second-order valence-electron chi connectivity index (χ2n) is 5.30. The zero-order valence-electron chi connectivity index (χ0n) is 13.1. The number of aryl methyl sites for hydroxylation is 1. The summed E-state index contributed by atoms with van der Waals surface area (Å²) in [5.74, 6) is -0.600. The molecule has 2 aromatic heterocycles. The van der Waals surface area contributed by atoms with Crippen molar-refractivity contribution in [1.29, 1.82) is 0 Å². The van der Waals surface area contributed by atoms with Crippen LogP contribution < -0.4 is 5.32 Å². The third-order valence-electron chi connectivity index (χ3n) is 3.46. The van der Waals surface area contributed by atoms with Crippen molar-refractivity contribution in [2.75, 3.05) is 5.32 Å². The smallest absolute Gasteiger partial charge is 0.343 e. The number of nitrogens with zero attached hydrogens (tertiary/aromatic N) is 4. The predicted octanol–water partition coefficient (Wildman–Crippen LogP) is 2.78. The van der Waals surface area contributed by atoms with Gasteiger partial charge in [-0.05, 0) is 29.5 Å². The van der Waals surface area contributed by atoms with E-state index in [1.807, 2.05) is 19.1 Å². The monoisotopic (exact) mass is 360 g/mol. The summed E-state index contributed by atoms with van der Waals surface area (Å²) in [5.41, 5.74) is 1.77. The number of carbonyl (C=O) groups excluding carboxylic acids is 1. The van der Waals surface area contributed by atoms with Crippen LogP contribution >= 0.6 is 11.6 Å². The number of anilines is 1. The van der Waals surface area contributed by atoms with Crippen LogP contribution in [0.15, 0.2) is 36.4 Å². The Morgan fingerprint density at radius 2 is 2.08 bits per heavy atom. The van der Waals surface area contributed by atoms with Crippen LogP contribution in [-0.4, -0.2) is 30.8 Å². The molecule has 9 nitrogen and oxygen atoms in total. The van der Waals surface area contributed by atoms with Crippen LogP contribution in [0, 0.1) is 17.0 Å². The average Bonchev–Trinajstić information content (AvgIpc) is 3.17. The summed E-state index contributed by atoms with van der Waals surface area (Å²) in [6.07, 6.45) is 0. The summed E-state index contributed by atoms with van der Waals surface area (Å²) in [4.78, 5) is 22.0. The van der Waals surface area contributed by atoms with Crippen molar-refractivity contribution < 1.29 is 9.72 Å². The topological polar surface area (TPSA) is 119 Å². The highest BCUT2D eigenvalue weighted by Gasteiger charge is 2.17. The molecule has 128 valence electrons. The highest BCUT2D eigenvalue weighted by atomic mass is 35.5. The third-order valence-corrected chi connectivity index (χ3v) is 3.71. The molecule has 2 heterocycles. The van der Waals surface area contributed by atoms with Gasteiger partial charge in [-0.3, -0.25) is 9.48 Å². The molecular formula is C15H13ClN6O3. The summed E-state index contributed by atoms with van der Waals surface area (Å²) < 4.78 is 1.73. The van der Waals surface area contributed by atoms with E-state index in [0.717, 1.165) is 17.3 Å². The van der Waals surface area contributed by atoms with Crippen LogP contribution in [-0.2, 0) is 6.54 Å². The quantitative estimate of drug-likeness (QED) is 0.535. The van der Waals surface area contributed by atoms with Gasteiger partial charge in [-0.2, -0.15) is 5.10 Å².